The van der Waals surface area contributed by atoms with Crippen LogP contribution in [0.2, 0.25) is 0 Å². The number of piperazine rings is 1. The summed E-state index contributed by atoms with van der Waals surface area (Å²) in [5, 5.41) is 3.45. The van der Waals surface area contributed by atoms with Crippen LogP contribution in [0.1, 0.15) is 20.8 Å². The van der Waals surface area contributed by atoms with Gasteiger partial charge in [-0.2, -0.15) is 11.8 Å². The van der Waals surface area contributed by atoms with Crippen molar-refractivity contribution in [2.24, 2.45) is 0 Å². The van der Waals surface area contributed by atoms with Gasteiger partial charge in [-0.1, -0.05) is 6.92 Å². The average molecular weight is 202 g/mol. The largest absolute Gasteiger partial charge is 0.314 e. The Hall–Kier alpha value is 0.270. The quantitative estimate of drug-likeness (QED) is 0.694. The summed E-state index contributed by atoms with van der Waals surface area (Å²) in [4.78, 5) is 2.60. The van der Waals surface area contributed by atoms with Crippen molar-refractivity contribution < 1.29 is 0 Å². The molecule has 0 atom stereocenters. The van der Waals surface area contributed by atoms with E-state index in [0.29, 0.717) is 5.54 Å². The molecule has 78 valence electrons. The van der Waals surface area contributed by atoms with Crippen LogP contribution < -0.4 is 5.32 Å². The second-order valence-electron chi connectivity index (χ2n) is 4.17. The van der Waals surface area contributed by atoms with Crippen LogP contribution in [0.5, 0.6) is 0 Å². The van der Waals surface area contributed by atoms with Gasteiger partial charge >= 0.3 is 0 Å². The summed E-state index contributed by atoms with van der Waals surface area (Å²) < 4.78 is 0. The summed E-state index contributed by atoms with van der Waals surface area (Å²) in [5.74, 6) is 2.52. The predicted octanol–water partition coefficient (Wildman–Crippen LogP) is 1.42. The Bertz CT molecular complexity index is 148. The van der Waals surface area contributed by atoms with E-state index in [1.54, 1.807) is 0 Å². The lowest BCUT2D eigenvalue weighted by molar-refractivity contribution is 0.0986. The molecule has 0 aromatic heterocycles. The van der Waals surface area contributed by atoms with Crippen molar-refractivity contribution in [1.82, 2.24) is 10.2 Å². The Morgan fingerprint density at radius 3 is 2.85 bits per heavy atom. The first-order valence-electron chi connectivity index (χ1n) is 5.20. The first-order valence-corrected chi connectivity index (χ1v) is 6.36. The van der Waals surface area contributed by atoms with Crippen LogP contribution in [-0.2, 0) is 0 Å². The van der Waals surface area contributed by atoms with Crippen molar-refractivity contribution in [3.8, 4) is 0 Å². The second-order valence-corrected chi connectivity index (χ2v) is 5.57. The summed E-state index contributed by atoms with van der Waals surface area (Å²) in [5.41, 5.74) is 0.354. The lowest BCUT2D eigenvalue weighted by Crippen LogP contribution is -2.58. The minimum atomic E-state index is 0.354. The van der Waals surface area contributed by atoms with Gasteiger partial charge in [0, 0.05) is 37.5 Å². The Balaban J connectivity index is 2.29. The van der Waals surface area contributed by atoms with Gasteiger partial charge < -0.3 is 5.32 Å². The third-order valence-corrected chi connectivity index (χ3v) is 3.56. The van der Waals surface area contributed by atoms with Gasteiger partial charge in [0.15, 0.2) is 0 Å². The molecule has 13 heavy (non-hydrogen) atoms. The first-order chi connectivity index (χ1) is 6.17. The van der Waals surface area contributed by atoms with Crippen LogP contribution in [0.15, 0.2) is 0 Å². The van der Waals surface area contributed by atoms with Gasteiger partial charge in [-0.05, 0) is 19.6 Å². The summed E-state index contributed by atoms with van der Waals surface area (Å²) >= 11 is 2.04. The van der Waals surface area contributed by atoms with Crippen LogP contribution in [0.4, 0.5) is 0 Å². The van der Waals surface area contributed by atoms with E-state index in [9.17, 15) is 0 Å². The average Bonchev–Trinajstić information content (AvgIpc) is 2.08. The molecule has 1 rings (SSSR count). The molecule has 0 saturated carbocycles. The van der Waals surface area contributed by atoms with Crippen molar-refractivity contribution in [3.05, 3.63) is 0 Å². The Labute approximate surface area is 86.5 Å². The highest BCUT2D eigenvalue weighted by atomic mass is 32.2. The van der Waals surface area contributed by atoms with Gasteiger partial charge in [0.25, 0.3) is 0 Å². The lowest BCUT2D eigenvalue weighted by Gasteiger charge is -2.42. The maximum Gasteiger partial charge on any atom is 0.0278 e. The number of thioether (sulfide) groups is 1. The third kappa shape index (κ3) is 3.49. The summed E-state index contributed by atoms with van der Waals surface area (Å²) in [6.07, 6.45) is 0. The monoisotopic (exact) mass is 202 g/mol. The van der Waals surface area contributed by atoms with Crippen molar-refractivity contribution in [3.63, 3.8) is 0 Å². The van der Waals surface area contributed by atoms with Crippen molar-refractivity contribution in [2.75, 3.05) is 37.7 Å². The van der Waals surface area contributed by atoms with Crippen LogP contribution in [0.3, 0.4) is 0 Å². The van der Waals surface area contributed by atoms with Gasteiger partial charge in [-0.15, -0.1) is 0 Å². The summed E-state index contributed by atoms with van der Waals surface area (Å²) in [6, 6.07) is 0. The molecule has 1 saturated heterocycles. The third-order valence-electron chi connectivity index (χ3n) is 2.68. The van der Waals surface area contributed by atoms with Crippen LogP contribution >= 0.6 is 11.8 Å². The fourth-order valence-corrected chi connectivity index (χ4v) is 2.39. The zero-order valence-corrected chi connectivity index (χ0v) is 9.91. The molecular weight excluding hydrogens is 180 g/mol. The number of hydrogen-bond donors (Lipinski definition) is 1. The second kappa shape index (κ2) is 5.23. The zero-order chi connectivity index (χ0) is 9.73. The minimum absolute atomic E-state index is 0.354. The van der Waals surface area contributed by atoms with E-state index < -0.39 is 0 Å². The predicted molar refractivity (Wildman–Crippen MR) is 61.5 cm³/mol. The highest BCUT2D eigenvalue weighted by Crippen LogP contribution is 2.16. The molecule has 1 heterocycles. The molecule has 0 amide bonds. The van der Waals surface area contributed by atoms with E-state index >= 15 is 0 Å². The topological polar surface area (TPSA) is 15.3 Å². The Morgan fingerprint density at radius 1 is 1.46 bits per heavy atom. The molecular formula is C10H22N2S. The van der Waals surface area contributed by atoms with E-state index in [-0.39, 0.29) is 0 Å². The molecule has 1 fully saturated rings. The van der Waals surface area contributed by atoms with Gasteiger partial charge in [0.05, 0.1) is 0 Å². The van der Waals surface area contributed by atoms with E-state index in [4.69, 9.17) is 0 Å². The van der Waals surface area contributed by atoms with E-state index in [1.165, 1.54) is 24.6 Å². The van der Waals surface area contributed by atoms with Crippen LogP contribution in [0.25, 0.3) is 0 Å². The molecule has 0 aromatic rings. The first kappa shape index (κ1) is 11.3. The normalized spacial score (nSPS) is 23.3. The standard InChI is InChI=1S/C10H22N2S/c1-4-13-8-7-12-6-5-11-9-10(12,2)3/h11H,4-9H2,1-3H3. The molecule has 0 aromatic carbocycles. The Morgan fingerprint density at radius 2 is 2.23 bits per heavy atom. The number of nitrogens with one attached hydrogen (secondary N) is 1. The van der Waals surface area contributed by atoms with Crippen molar-refractivity contribution in [1.29, 1.82) is 0 Å². The lowest BCUT2D eigenvalue weighted by atomic mass is 10.0. The number of nitrogens with zero attached hydrogens (tertiary/aromatic N) is 1. The number of hydrogen-bond acceptors (Lipinski definition) is 3. The number of rotatable bonds is 4. The molecule has 0 bridgehead atoms. The molecule has 0 aliphatic carbocycles. The molecule has 3 heteroatoms. The fourth-order valence-electron chi connectivity index (χ4n) is 1.76. The molecule has 0 unspecified atom stereocenters. The van der Waals surface area contributed by atoms with Gasteiger partial charge in [0.1, 0.15) is 0 Å². The molecule has 2 nitrogen and oxygen atoms in total. The summed E-state index contributed by atoms with van der Waals surface area (Å²) in [7, 11) is 0. The van der Waals surface area contributed by atoms with Crippen LogP contribution in [-0.4, -0.2) is 48.1 Å². The minimum Gasteiger partial charge on any atom is -0.314 e. The van der Waals surface area contributed by atoms with Gasteiger partial charge in [-0.25, -0.2) is 0 Å². The molecule has 0 spiro atoms. The van der Waals surface area contributed by atoms with E-state index in [1.807, 2.05) is 11.8 Å². The zero-order valence-electron chi connectivity index (χ0n) is 9.10. The van der Waals surface area contributed by atoms with Crippen molar-refractivity contribution >= 4 is 11.8 Å². The fraction of sp³-hybridized carbons (Fsp3) is 1.00. The maximum atomic E-state index is 3.45. The van der Waals surface area contributed by atoms with E-state index in [0.717, 1.165) is 13.1 Å². The highest BCUT2D eigenvalue weighted by Gasteiger charge is 2.28. The molecule has 1 aliphatic rings. The van der Waals surface area contributed by atoms with Crippen LogP contribution in [0, 0.1) is 0 Å². The van der Waals surface area contributed by atoms with Gasteiger partial charge in [0.2, 0.25) is 0 Å². The molecule has 1 aliphatic heterocycles. The SMILES string of the molecule is CCSCCN1CCNCC1(C)C. The van der Waals surface area contributed by atoms with E-state index in [2.05, 4.69) is 31.0 Å². The molecule has 0 radical (unpaired) electrons. The summed E-state index contributed by atoms with van der Waals surface area (Å²) in [6.45, 7) is 11.6. The van der Waals surface area contributed by atoms with Crippen molar-refractivity contribution in [2.45, 2.75) is 26.3 Å². The van der Waals surface area contributed by atoms with Gasteiger partial charge in [-0.3, -0.25) is 4.90 Å². The Kier molecular flexibility index (Phi) is 4.56. The maximum absolute atomic E-state index is 3.45. The smallest absolute Gasteiger partial charge is 0.0278 e. The highest BCUT2D eigenvalue weighted by molar-refractivity contribution is 7.99. The molecule has 1 N–H and O–H groups in total.